The molecule has 0 spiro atoms. The zero-order chi connectivity index (χ0) is 3.58. The fraction of sp³-hybridized carbons (Fsp3) is 0. The molecule has 0 aliphatic rings. The summed E-state index contributed by atoms with van der Waals surface area (Å²) in [6.07, 6.45) is -1.83. The first-order chi connectivity index (χ1) is 1.73. The summed E-state index contributed by atoms with van der Waals surface area (Å²) in [5, 5.41) is 13.9. The molecule has 0 rings (SSSR count). The molecule has 0 unspecified atom stereocenters. The van der Waals surface area contributed by atoms with Crippen LogP contribution in [0.1, 0.15) is 2.85 Å². The summed E-state index contributed by atoms with van der Waals surface area (Å²) in [6.45, 7) is 0. The van der Waals surface area contributed by atoms with Crippen LogP contribution in [0.25, 0.3) is 0 Å². The topological polar surface area (TPSA) is 57.5 Å². The smallest absolute Gasteiger partial charge is 1.00 e. The van der Waals surface area contributed by atoms with Crippen molar-refractivity contribution in [2.75, 3.05) is 0 Å². The Kier molecular flexibility index (Phi) is 24.3. The van der Waals surface area contributed by atoms with E-state index >= 15 is 0 Å². The van der Waals surface area contributed by atoms with Gasteiger partial charge in [-0.25, -0.2) is 4.79 Å². The molecule has 0 aromatic heterocycles. The first-order valence-corrected chi connectivity index (χ1v) is 0.651. The van der Waals surface area contributed by atoms with Crippen molar-refractivity contribution in [3.05, 3.63) is 0 Å². The average molecular weight is 143 g/mol. The maximum absolute atomic E-state index is 8.56. The van der Waals surface area contributed by atoms with Crippen molar-refractivity contribution in [3.8, 4) is 0 Å². The van der Waals surface area contributed by atoms with Crippen molar-refractivity contribution in [1.82, 2.24) is 0 Å². The minimum absolute atomic E-state index is 0. The number of hydrogen-bond acceptors (Lipinski definition) is 1. The maximum Gasteiger partial charge on any atom is 2.00 e. The summed E-state index contributed by atoms with van der Waals surface area (Å²) in [5.41, 5.74) is 0. The first-order valence-electron chi connectivity index (χ1n) is 0.651. The number of hydrogen-bond donors (Lipinski definition) is 2. The van der Waals surface area contributed by atoms with E-state index in [1.165, 1.54) is 0 Å². The van der Waals surface area contributed by atoms with Crippen molar-refractivity contribution in [2.45, 2.75) is 0 Å². The molecule has 0 aromatic carbocycles. The van der Waals surface area contributed by atoms with Gasteiger partial charge >= 0.3 is 29.2 Å². The predicted molar refractivity (Wildman–Crippen MR) is 18.6 cm³/mol. The fourth-order valence-corrected chi connectivity index (χ4v) is 0. The standard InChI is InChI=1S/CH2O3.Mg.Mn.2H/c2-1(3)4;;;;/h(H2,2,3,4);;;;/q;+2;;2*-1. The Balaban J connectivity index is -0.00000000750. The second-order valence-electron chi connectivity index (χ2n) is 0.283. The molecular formula is CH4MgMnO3. The van der Waals surface area contributed by atoms with Crippen LogP contribution >= 0.6 is 0 Å². The Labute approximate surface area is 64.3 Å². The molecule has 5 heteroatoms. The van der Waals surface area contributed by atoms with Gasteiger partial charge in [0.1, 0.15) is 0 Å². The molecule has 0 saturated carbocycles. The molecule has 3 nitrogen and oxygen atoms in total. The van der Waals surface area contributed by atoms with Crippen LogP contribution in [0.5, 0.6) is 0 Å². The Hall–Kier alpha value is 0.556. The summed E-state index contributed by atoms with van der Waals surface area (Å²) >= 11 is 0. The Morgan fingerprint density at radius 2 is 1.50 bits per heavy atom. The van der Waals surface area contributed by atoms with Gasteiger partial charge < -0.3 is 13.1 Å². The van der Waals surface area contributed by atoms with Crippen molar-refractivity contribution in [1.29, 1.82) is 0 Å². The first kappa shape index (κ1) is 16.0. The van der Waals surface area contributed by atoms with Gasteiger partial charge in [-0.15, -0.1) is 0 Å². The van der Waals surface area contributed by atoms with Crippen LogP contribution in [-0.2, 0) is 17.1 Å². The molecule has 0 bridgehead atoms. The van der Waals surface area contributed by atoms with E-state index in [9.17, 15) is 0 Å². The van der Waals surface area contributed by atoms with E-state index in [1.54, 1.807) is 0 Å². The van der Waals surface area contributed by atoms with E-state index in [1.807, 2.05) is 0 Å². The third-order valence-electron chi connectivity index (χ3n) is 0. The number of carboxylic acid groups (broad SMARTS) is 2. The van der Waals surface area contributed by atoms with E-state index in [-0.39, 0.29) is 43.0 Å². The summed E-state index contributed by atoms with van der Waals surface area (Å²) < 4.78 is 0. The summed E-state index contributed by atoms with van der Waals surface area (Å²) in [7, 11) is 0. The van der Waals surface area contributed by atoms with E-state index in [0.717, 1.165) is 0 Å². The molecule has 0 aliphatic carbocycles. The molecule has 0 atom stereocenters. The molecule has 1 radical (unpaired) electrons. The number of rotatable bonds is 0. The zero-order valence-electron chi connectivity index (χ0n) is 4.89. The second-order valence-corrected chi connectivity index (χ2v) is 0.283. The molecule has 35 valence electrons. The van der Waals surface area contributed by atoms with Gasteiger partial charge in [0.15, 0.2) is 0 Å². The molecule has 6 heavy (non-hydrogen) atoms. The second kappa shape index (κ2) is 9.12. The van der Waals surface area contributed by atoms with Crippen molar-refractivity contribution in [2.24, 2.45) is 0 Å². The van der Waals surface area contributed by atoms with Gasteiger partial charge in [0.05, 0.1) is 0 Å². The van der Waals surface area contributed by atoms with Crippen molar-refractivity contribution < 1.29 is 34.9 Å². The fourth-order valence-electron chi connectivity index (χ4n) is 0. The van der Waals surface area contributed by atoms with Gasteiger partial charge in [-0.2, -0.15) is 0 Å². The largest absolute Gasteiger partial charge is 2.00 e. The van der Waals surface area contributed by atoms with E-state index < -0.39 is 6.16 Å². The molecule has 0 aliphatic heterocycles. The van der Waals surface area contributed by atoms with Gasteiger partial charge in [-0.3, -0.25) is 0 Å². The predicted octanol–water partition coefficient (Wildman–Crippen LogP) is 0.0641. The minimum Gasteiger partial charge on any atom is -1.00 e. The summed E-state index contributed by atoms with van der Waals surface area (Å²) in [6, 6.07) is 0. The molecule has 0 heterocycles. The van der Waals surface area contributed by atoms with Gasteiger partial charge in [-0.05, 0) is 0 Å². The van der Waals surface area contributed by atoms with Gasteiger partial charge in [0, 0.05) is 17.1 Å². The summed E-state index contributed by atoms with van der Waals surface area (Å²) in [4.78, 5) is 8.56. The van der Waals surface area contributed by atoms with Crippen molar-refractivity contribution >= 4 is 29.2 Å². The van der Waals surface area contributed by atoms with Crippen LogP contribution in [0, 0.1) is 0 Å². The average Bonchev–Trinajstić information content (AvgIpc) is 0.811. The zero-order valence-corrected chi connectivity index (χ0v) is 5.48. The third kappa shape index (κ3) is 187. The summed E-state index contributed by atoms with van der Waals surface area (Å²) in [5.74, 6) is 0. The van der Waals surface area contributed by atoms with Gasteiger partial charge in [0.25, 0.3) is 0 Å². The van der Waals surface area contributed by atoms with Crippen LogP contribution in [0.2, 0.25) is 0 Å². The van der Waals surface area contributed by atoms with Gasteiger partial charge in [0.2, 0.25) is 0 Å². The van der Waals surface area contributed by atoms with E-state index in [2.05, 4.69) is 0 Å². The Morgan fingerprint density at radius 3 is 1.50 bits per heavy atom. The van der Waals surface area contributed by atoms with Crippen LogP contribution in [0.15, 0.2) is 0 Å². The maximum atomic E-state index is 8.56. The normalized spacial score (nSPS) is 4.00. The molecular weight excluding hydrogens is 139 g/mol. The van der Waals surface area contributed by atoms with E-state index in [0.29, 0.717) is 0 Å². The van der Waals surface area contributed by atoms with Gasteiger partial charge in [-0.1, -0.05) is 0 Å². The van der Waals surface area contributed by atoms with Crippen LogP contribution in [0.4, 0.5) is 4.79 Å². The van der Waals surface area contributed by atoms with Crippen LogP contribution in [-0.4, -0.2) is 39.4 Å². The molecule has 0 fully saturated rings. The Bertz CT molecular complexity index is 40.3. The SMILES string of the molecule is O=C(O)O.[H-].[H-].[Mg+2].[Mn]. The van der Waals surface area contributed by atoms with E-state index in [4.69, 9.17) is 15.0 Å². The molecule has 2 N–H and O–H groups in total. The monoisotopic (exact) mass is 143 g/mol. The van der Waals surface area contributed by atoms with Crippen LogP contribution in [0.3, 0.4) is 0 Å². The third-order valence-corrected chi connectivity index (χ3v) is 0. The molecule has 0 saturated heterocycles. The quantitative estimate of drug-likeness (QED) is 0.472. The molecule has 0 amide bonds. The van der Waals surface area contributed by atoms with Crippen molar-refractivity contribution in [3.63, 3.8) is 0 Å². The minimum atomic E-state index is -1.83. The number of carbonyl (C=O) groups is 1. The molecule has 0 aromatic rings. The van der Waals surface area contributed by atoms with Crippen LogP contribution < -0.4 is 0 Å². The Morgan fingerprint density at radius 1 is 1.50 bits per heavy atom.